The Balaban J connectivity index is 3.56. The van der Waals surface area contributed by atoms with Gasteiger partial charge in [-0.3, -0.25) is 14.2 Å². The lowest BCUT2D eigenvalue weighted by Gasteiger charge is -2.02. The van der Waals surface area contributed by atoms with Crippen molar-refractivity contribution in [2.24, 2.45) is 0 Å². The quantitative estimate of drug-likeness (QED) is 0.379. The molecule has 0 spiro atoms. The van der Waals surface area contributed by atoms with E-state index in [9.17, 15) is 14.2 Å². The molecule has 0 heterocycles. The fraction of sp³-hybridized carbons (Fsp3) is 0.750. The Morgan fingerprint density at radius 1 is 1.20 bits per heavy atom. The first kappa shape index (κ1) is 14.3. The van der Waals surface area contributed by atoms with Crippen LogP contribution in [0, 0.1) is 0 Å². The van der Waals surface area contributed by atoms with Gasteiger partial charge in [0.2, 0.25) is 0 Å². The van der Waals surface area contributed by atoms with Crippen LogP contribution >= 0.6 is 7.60 Å². The summed E-state index contributed by atoms with van der Waals surface area (Å²) in [5.41, 5.74) is 0. The fourth-order valence-electron chi connectivity index (χ4n) is 1.00. The lowest BCUT2D eigenvalue weighted by atomic mass is 10.1. The molecule has 0 aliphatic heterocycles. The number of rotatable bonds is 7. The number of esters is 1. The van der Waals surface area contributed by atoms with Crippen molar-refractivity contribution in [2.45, 2.75) is 25.7 Å². The Labute approximate surface area is 87.8 Å². The number of hydrogen-bond acceptors (Lipinski definition) is 4. The van der Waals surface area contributed by atoms with Gasteiger partial charge in [-0.25, -0.2) is 0 Å². The summed E-state index contributed by atoms with van der Waals surface area (Å²) in [5, 5.41) is 0. The van der Waals surface area contributed by atoms with E-state index in [4.69, 9.17) is 9.79 Å². The van der Waals surface area contributed by atoms with Gasteiger partial charge in [0.15, 0.2) is 0 Å². The van der Waals surface area contributed by atoms with E-state index in [0.29, 0.717) is 12.8 Å². The summed E-state index contributed by atoms with van der Waals surface area (Å²) in [5.74, 6) is -0.828. The first-order valence-electron chi connectivity index (χ1n) is 4.48. The zero-order valence-electron chi connectivity index (χ0n) is 8.51. The standard InChI is InChI=1S/C8H15O6P/c1-14-8(10)5-3-2-4-7(9)6-15(11,12)13/h2-6H2,1H3,(H2,11,12,13). The van der Waals surface area contributed by atoms with E-state index in [1.54, 1.807) is 0 Å². The SMILES string of the molecule is COC(=O)CCCCC(=O)CP(=O)(O)O. The summed E-state index contributed by atoms with van der Waals surface area (Å²) in [4.78, 5) is 38.6. The summed E-state index contributed by atoms with van der Waals surface area (Å²) in [6, 6.07) is 0. The zero-order valence-corrected chi connectivity index (χ0v) is 9.40. The minimum Gasteiger partial charge on any atom is -0.469 e. The molecule has 88 valence electrons. The van der Waals surface area contributed by atoms with Crippen LogP contribution in [0.3, 0.4) is 0 Å². The number of hydrogen-bond donors (Lipinski definition) is 2. The molecule has 15 heavy (non-hydrogen) atoms. The van der Waals surface area contributed by atoms with Crippen molar-refractivity contribution in [1.82, 2.24) is 0 Å². The van der Waals surface area contributed by atoms with Crippen molar-refractivity contribution in [1.29, 1.82) is 0 Å². The maximum absolute atomic E-state index is 11.0. The van der Waals surface area contributed by atoms with E-state index in [2.05, 4.69) is 4.74 Å². The largest absolute Gasteiger partial charge is 0.469 e. The lowest BCUT2D eigenvalue weighted by molar-refractivity contribution is -0.140. The smallest absolute Gasteiger partial charge is 0.332 e. The maximum Gasteiger partial charge on any atom is 0.332 e. The normalized spacial score (nSPS) is 11.1. The summed E-state index contributed by atoms with van der Waals surface area (Å²) in [6.45, 7) is 0. The molecule has 0 aliphatic rings. The van der Waals surface area contributed by atoms with Gasteiger partial charge in [-0.2, -0.15) is 0 Å². The second-order valence-corrected chi connectivity index (χ2v) is 4.79. The minimum atomic E-state index is -4.24. The molecule has 0 fully saturated rings. The molecule has 0 atom stereocenters. The molecule has 0 saturated carbocycles. The topological polar surface area (TPSA) is 101 Å². The predicted octanol–water partition coefficient (Wildman–Crippen LogP) is 0.467. The number of ether oxygens (including phenoxy) is 1. The second-order valence-electron chi connectivity index (χ2n) is 3.14. The van der Waals surface area contributed by atoms with Gasteiger partial charge in [-0.1, -0.05) is 0 Å². The van der Waals surface area contributed by atoms with Gasteiger partial charge in [0.05, 0.1) is 7.11 Å². The van der Waals surface area contributed by atoms with Crippen LogP contribution in [0.4, 0.5) is 0 Å². The Morgan fingerprint density at radius 2 is 1.73 bits per heavy atom. The summed E-state index contributed by atoms with van der Waals surface area (Å²) in [7, 11) is -2.96. The third kappa shape index (κ3) is 9.59. The predicted molar refractivity (Wildman–Crippen MR) is 52.4 cm³/mol. The first-order chi connectivity index (χ1) is 6.85. The van der Waals surface area contributed by atoms with Crippen LogP contribution < -0.4 is 0 Å². The van der Waals surface area contributed by atoms with Crippen LogP contribution in [0.15, 0.2) is 0 Å². The van der Waals surface area contributed by atoms with Crippen molar-refractivity contribution < 1.29 is 28.7 Å². The molecule has 0 bridgehead atoms. The van der Waals surface area contributed by atoms with Crippen molar-refractivity contribution >= 4 is 19.3 Å². The molecule has 0 aromatic carbocycles. The van der Waals surface area contributed by atoms with Gasteiger partial charge in [0.1, 0.15) is 11.9 Å². The van der Waals surface area contributed by atoms with E-state index < -0.39 is 19.5 Å². The molecule has 6 nitrogen and oxygen atoms in total. The minimum absolute atomic E-state index is 0.0854. The van der Waals surface area contributed by atoms with Crippen molar-refractivity contribution in [3.05, 3.63) is 0 Å². The number of carbonyl (C=O) groups is 2. The molecule has 0 rings (SSSR count). The van der Waals surface area contributed by atoms with Crippen molar-refractivity contribution in [3.63, 3.8) is 0 Å². The van der Waals surface area contributed by atoms with Crippen LogP contribution in [0.2, 0.25) is 0 Å². The first-order valence-corrected chi connectivity index (χ1v) is 6.28. The van der Waals surface area contributed by atoms with Crippen molar-refractivity contribution in [3.8, 4) is 0 Å². The lowest BCUT2D eigenvalue weighted by Crippen LogP contribution is -2.06. The summed E-state index contributed by atoms with van der Waals surface area (Å²) in [6.07, 6.45) is 0.514. The Hall–Kier alpha value is -0.710. The van der Waals surface area contributed by atoms with Gasteiger partial charge in [0.25, 0.3) is 0 Å². The van der Waals surface area contributed by atoms with Crippen LogP contribution in [0.1, 0.15) is 25.7 Å². The Morgan fingerprint density at radius 3 is 2.20 bits per heavy atom. The third-order valence-electron chi connectivity index (χ3n) is 1.70. The number of carbonyl (C=O) groups excluding carboxylic acids is 2. The highest BCUT2D eigenvalue weighted by Gasteiger charge is 2.18. The highest BCUT2D eigenvalue weighted by Crippen LogP contribution is 2.34. The van der Waals surface area contributed by atoms with Crippen LogP contribution in [-0.2, 0) is 18.9 Å². The molecule has 0 aromatic rings. The van der Waals surface area contributed by atoms with Crippen LogP contribution in [-0.4, -0.2) is 34.8 Å². The van der Waals surface area contributed by atoms with Crippen molar-refractivity contribution in [2.75, 3.05) is 13.3 Å². The third-order valence-corrected chi connectivity index (χ3v) is 2.46. The number of unbranched alkanes of at least 4 members (excludes halogenated alkanes) is 1. The molecular formula is C8H15O6P. The van der Waals surface area contributed by atoms with Gasteiger partial charge in [-0.15, -0.1) is 0 Å². The van der Waals surface area contributed by atoms with Gasteiger partial charge >= 0.3 is 13.6 Å². The zero-order chi connectivity index (χ0) is 11.9. The van der Waals surface area contributed by atoms with E-state index in [1.807, 2.05) is 0 Å². The Kier molecular flexibility index (Phi) is 6.40. The number of methoxy groups -OCH3 is 1. The summed E-state index contributed by atoms with van der Waals surface area (Å²) >= 11 is 0. The van der Waals surface area contributed by atoms with Gasteiger partial charge in [-0.05, 0) is 12.8 Å². The summed E-state index contributed by atoms with van der Waals surface area (Å²) < 4.78 is 14.8. The van der Waals surface area contributed by atoms with E-state index >= 15 is 0 Å². The maximum atomic E-state index is 11.0. The molecule has 2 N–H and O–H groups in total. The van der Waals surface area contributed by atoms with E-state index in [0.717, 1.165) is 0 Å². The number of Topliss-reactive ketones (excluding diaryl/α,β-unsaturated/α-hetero) is 1. The highest BCUT2D eigenvalue weighted by molar-refractivity contribution is 7.52. The molecular weight excluding hydrogens is 223 g/mol. The second kappa shape index (κ2) is 6.71. The highest BCUT2D eigenvalue weighted by atomic mass is 31.2. The Bertz CT molecular complexity index is 268. The van der Waals surface area contributed by atoms with Crippen LogP contribution in [0.25, 0.3) is 0 Å². The fourth-order valence-corrected chi connectivity index (χ4v) is 1.62. The molecule has 7 heteroatoms. The van der Waals surface area contributed by atoms with E-state index in [-0.39, 0.29) is 18.8 Å². The van der Waals surface area contributed by atoms with Gasteiger partial charge in [0, 0.05) is 12.8 Å². The molecule has 0 amide bonds. The molecule has 0 aromatic heterocycles. The van der Waals surface area contributed by atoms with Crippen LogP contribution in [0.5, 0.6) is 0 Å². The molecule has 0 aliphatic carbocycles. The monoisotopic (exact) mass is 238 g/mol. The van der Waals surface area contributed by atoms with E-state index in [1.165, 1.54) is 7.11 Å². The molecule has 0 unspecified atom stereocenters. The van der Waals surface area contributed by atoms with Gasteiger partial charge < -0.3 is 14.5 Å². The average Bonchev–Trinajstić information content (AvgIpc) is 2.09. The average molecular weight is 238 g/mol. The number of ketones is 1. The molecule has 0 radical (unpaired) electrons. The molecule has 0 saturated heterocycles.